The zero-order valence-electron chi connectivity index (χ0n) is 14.7. The first-order valence-corrected chi connectivity index (χ1v) is 8.44. The molecular weight excluding hydrogens is 342 g/mol. The van der Waals surface area contributed by atoms with Gasteiger partial charge in [0.25, 0.3) is 11.5 Å². The van der Waals surface area contributed by atoms with Crippen molar-refractivity contribution in [3.8, 4) is 11.3 Å². The molecule has 7 nitrogen and oxygen atoms in total. The van der Waals surface area contributed by atoms with E-state index in [9.17, 15) is 9.59 Å². The van der Waals surface area contributed by atoms with Crippen LogP contribution in [0.25, 0.3) is 16.9 Å². The van der Waals surface area contributed by atoms with E-state index in [2.05, 4.69) is 15.2 Å². The molecule has 1 amide bonds. The largest absolute Gasteiger partial charge is 0.337 e. The van der Waals surface area contributed by atoms with Gasteiger partial charge in [0.2, 0.25) is 0 Å². The van der Waals surface area contributed by atoms with Gasteiger partial charge in [0.15, 0.2) is 0 Å². The highest BCUT2D eigenvalue weighted by atomic mass is 16.2. The number of carbonyl (C=O) groups is 1. The first-order chi connectivity index (χ1) is 13.1. The van der Waals surface area contributed by atoms with Crippen LogP contribution in [0.3, 0.4) is 0 Å². The maximum atomic E-state index is 12.8. The van der Waals surface area contributed by atoms with E-state index in [1.54, 1.807) is 37.6 Å². The Hall–Kier alpha value is -3.74. The second-order valence-electron chi connectivity index (χ2n) is 6.20. The van der Waals surface area contributed by atoms with Crippen LogP contribution in [0.5, 0.6) is 0 Å². The molecule has 1 N–H and O–H groups in total. The summed E-state index contributed by atoms with van der Waals surface area (Å²) in [7, 11) is 1.66. The molecule has 4 aromatic rings. The van der Waals surface area contributed by atoms with Crippen molar-refractivity contribution >= 4 is 11.6 Å². The molecule has 0 saturated carbocycles. The molecule has 0 aliphatic rings. The van der Waals surface area contributed by atoms with Crippen LogP contribution in [0.15, 0.2) is 71.9 Å². The number of amides is 1. The highest BCUT2D eigenvalue weighted by Crippen LogP contribution is 2.21. The average Bonchev–Trinajstić information content (AvgIpc) is 3.17. The van der Waals surface area contributed by atoms with E-state index in [1.165, 1.54) is 15.5 Å². The van der Waals surface area contributed by atoms with Crippen LogP contribution in [0, 0.1) is 0 Å². The minimum atomic E-state index is -0.383. The minimum Gasteiger partial charge on any atom is -0.337 e. The van der Waals surface area contributed by atoms with E-state index in [-0.39, 0.29) is 17.0 Å². The van der Waals surface area contributed by atoms with Crippen molar-refractivity contribution in [3.05, 3.63) is 88.6 Å². The number of hydrogen-bond donors (Lipinski definition) is 1. The fourth-order valence-electron chi connectivity index (χ4n) is 2.99. The number of fused-ring (bicyclic) bond motifs is 1. The van der Waals surface area contributed by atoms with Crippen molar-refractivity contribution in [2.24, 2.45) is 0 Å². The number of benzene rings is 1. The first-order valence-electron chi connectivity index (χ1n) is 8.44. The number of hydrogen-bond acceptors (Lipinski definition) is 4. The number of H-pyrrole nitrogens is 1. The van der Waals surface area contributed by atoms with Gasteiger partial charge >= 0.3 is 0 Å². The molecule has 0 unspecified atom stereocenters. The fourth-order valence-corrected chi connectivity index (χ4v) is 2.99. The Balaban J connectivity index is 1.62. The molecule has 3 aromatic heterocycles. The van der Waals surface area contributed by atoms with Crippen molar-refractivity contribution in [2.45, 2.75) is 6.54 Å². The zero-order chi connectivity index (χ0) is 18.8. The monoisotopic (exact) mass is 359 g/mol. The Morgan fingerprint density at radius 3 is 2.70 bits per heavy atom. The predicted octanol–water partition coefficient (Wildman–Crippen LogP) is 2.36. The number of rotatable bonds is 4. The summed E-state index contributed by atoms with van der Waals surface area (Å²) in [6, 6.07) is 15.0. The van der Waals surface area contributed by atoms with E-state index < -0.39 is 0 Å². The van der Waals surface area contributed by atoms with Gasteiger partial charge in [-0.25, -0.2) is 4.98 Å². The van der Waals surface area contributed by atoms with Crippen molar-refractivity contribution in [2.75, 3.05) is 7.05 Å². The van der Waals surface area contributed by atoms with Crippen LogP contribution in [0.2, 0.25) is 0 Å². The highest BCUT2D eigenvalue weighted by molar-refractivity contribution is 5.93. The molecule has 0 radical (unpaired) electrons. The summed E-state index contributed by atoms with van der Waals surface area (Å²) in [6.45, 7) is 0.316. The quantitative estimate of drug-likeness (QED) is 0.606. The molecule has 1 aromatic carbocycles. The highest BCUT2D eigenvalue weighted by Gasteiger charge is 2.19. The van der Waals surface area contributed by atoms with Crippen LogP contribution in [0.4, 0.5) is 0 Å². The normalized spacial score (nSPS) is 10.9. The predicted molar refractivity (Wildman–Crippen MR) is 101 cm³/mol. The maximum absolute atomic E-state index is 12.8. The molecule has 0 aliphatic heterocycles. The molecule has 0 spiro atoms. The van der Waals surface area contributed by atoms with Crippen molar-refractivity contribution in [1.29, 1.82) is 0 Å². The summed E-state index contributed by atoms with van der Waals surface area (Å²) < 4.78 is 1.37. The van der Waals surface area contributed by atoms with Gasteiger partial charge in [-0.3, -0.25) is 19.1 Å². The molecule has 0 aliphatic carbocycles. The van der Waals surface area contributed by atoms with Crippen molar-refractivity contribution in [1.82, 2.24) is 24.5 Å². The van der Waals surface area contributed by atoms with E-state index in [0.717, 1.165) is 16.8 Å². The molecule has 3 heterocycles. The van der Waals surface area contributed by atoms with E-state index >= 15 is 0 Å². The molecule has 7 heteroatoms. The molecule has 0 atom stereocenters. The number of nitrogens with one attached hydrogen (secondary N) is 1. The van der Waals surface area contributed by atoms with Crippen LogP contribution in [-0.4, -0.2) is 37.4 Å². The van der Waals surface area contributed by atoms with Crippen molar-refractivity contribution < 1.29 is 4.79 Å². The summed E-state index contributed by atoms with van der Waals surface area (Å²) >= 11 is 0. The molecule has 4 rings (SSSR count). The molecule has 27 heavy (non-hydrogen) atoms. The van der Waals surface area contributed by atoms with Crippen LogP contribution < -0.4 is 5.56 Å². The van der Waals surface area contributed by atoms with E-state index in [1.807, 2.05) is 30.3 Å². The van der Waals surface area contributed by atoms with Gasteiger partial charge in [-0.1, -0.05) is 36.4 Å². The van der Waals surface area contributed by atoms with Gasteiger partial charge in [-0.15, -0.1) is 0 Å². The Bertz CT molecular complexity index is 1160. The number of aromatic amines is 1. The Morgan fingerprint density at radius 2 is 1.89 bits per heavy atom. The van der Waals surface area contributed by atoms with Crippen molar-refractivity contribution in [3.63, 3.8) is 0 Å². The van der Waals surface area contributed by atoms with E-state index in [0.29, 0.717) is 12.2 Å². The van der Waals surface area contributed by atoms with Gasteiger partial charge in [0.1, 0.15) is 11.2 Å². The standard InChI is InChI=1S/C20H17N5O2/c1-24(13-15-11-22-23-18(15)14-7-3-2-4-8-14)19(26)16-12-21-17-9-5-6-10-25(17)20(16)27/h2-12H,13H2,1H3,(H,22,23). The molecule has 134 valence electrons. The minimum absolute atomic E-state index is 0.0333. The Labute approximate surface area is 154 Å². The number of aromatic nitrogens is 4. The second-order valence-corrected chi connectivity index (χ2v) is 6.20. The lowest BCUT2D eigenvalue weighted by molar-refractivity contribution is 0.0783. The number of pyridine rings is 1. The Morgan fingerprint density at radius 1 is 1.11 bits per heavy atom. The zero-order valence-corrected chi connectivity index (χ0v) is 14.7. The first kappa shape index (κ1) is 16.7. The second kappa shape index (κ2) is 6.87. The Kier molecular flexibility index (Phi) is 4.25. The van der Waals surface area contributed by atoms with E-state index in [4.69, 9.17) is 0 Å². The summed E-state index contributed by atoms with van der Waals surface area (Å²) in [5.74, 6) is -0.383. The summed E-state index contributed by atoms with van der Waals surface area (Å²) in [5.41, 5.74) is 2.86. The lowest BCUT2D eigenvalue weighted by atomic mass is 10.1. The molecule has 0 bridgehead atoms. The SMILES string of the molecule is CN(Cc1cn[nH]c1-c1ccccc1)C(=O)c1cnc2ccccn2c1=O. The third-order valence-corrected chi connectivity index (χ3v) is 4.38. The lowest BCUT2D eigenvalue weighted by Gasteiger charge is -2.17. The summed E-state index contributed by atoms with van der Waals surface area (Å²) in [4.78, 5) is 31.1. The molecule has 0 fully saturated rings. The van der Waals surface area contributed by atoms with Gasteiger partial charge in [0.05, 0.1) is 11.9 Å². The van der Waals surface area contributed by atoms with Gasteiger partial charge in [-0.05, 0) is 17.7 Å². The number of nitrogens with zero attached hydrogens (tertiary/aromatic N) is 4. The summed E-state index contributed by atoms with van der Waals surface area (Å²) in [6.07, 6.45) is 4.63. The van der Waals surface area contributed by atoms with Gasteiger partial charge in [-0.2, -0.15) is 5.10 Å². The molecule has 0 saturated heterocycles. The van der Waals surface area contributed by atoms with Gasteiger partial charge < -0.3 is 4.90 Å². The third kappa shape index (κ3) is 3.10. The topological polar surface area (TPSA) is 83.4 Å². The fraction of sp³-hybridized carbons (Fsp3) is 0.100. The average molecular weight is 359 g/mol. The maximum Gasteiger partial charge on any atom is 0.270 e. The lowest BCUT2D eigenvalue weighted by Crippen LogP contribution is -2.33. The van der Waals surface area contributed by atoms with Gasteiger partial charge in [0, 0.05) is 31.5 Å². The third-order valence-electron chi connectivity index (χ3n) is 4.38. The van der Waals surface area contributed by atoms with Crippen LogP contribution in [-0.2, 0) is 6.54 Å². The smallest absolute Gasteiger partial charge is 0.270 e. The molecular formula is C20H17N5O2. The van der Waals surface area contributed by atoms with Crippen LogP contribution in [0.1, 0.15) is 15.9 Å². The summed E-state index contributed by atoms with van der Waals surface area (Å²) in [5, 5.41) is 7.08. The number of carbonyl (C=O) groups excluding carboxylic acids is 1. The van der Waals surface area contributed by atoms with Crippen LogP contribution >= 0.6 is 0 Å².